The first-order valence-corrected chi connectivity index (χ1v) is 5.38. The van der Waals surface area contributed by atoms with Gasteiger partial charge in [-0.05, 0) is 12.6 Å². The van der Waals surface area contributed by atoms with E-state index in [4.69, 9.17) is 9.47 Å². The van der Waals surface area contributed by atoms with E-state index in [1.165, 1.54) is 0 Å². The van der Waals surface area contributed by atoms with Crippen molar-refractivity contribution in [2.45, 2.75) is 13.5 Å². The Morgan fingerprint density at radius 2 is 2.19 bits per heavy atom. The summed E-state index contributed by atoms with van der Waals surface area (Å²) < 4.78 is 22.7. The molecule has 0 radical (unpaired) electrons. The molecule has 16 heavy (non-hydrogen) atoms. The average molecular weight is 227 g/mol. The summed E-state index contributed by atoms with van der Waals surface area (Å²) in [6.07, 6.45) is 0. The van der Waals surface area contributed by atoms with Crippen molar-refractivity contribution in [3.63, 3.8) is 0 Å². The van der Waals surface area contributed by atoms with Crippen molar-refractivity contribution in [2.24, 2.45) is 0 Å². The lowest BCUT2D eigenvalue weighted by Gasteiger charge is -2.14. The van der Waals surface area contributed by atoms with Gasteiger partial charge in [-0.25, -0.2) is 4.39 Å². The minimum atomic E-state index is -0.501. The highest BCUT2D eigenvalue weighted by molar-refractivity contribution is 5.46. The number of rotatable bonds is 7. The van der Waals surface area contributed by atoms with Crippen molar-refractivity contribution in [1.29, 1.82) is 0 Å². The number of halogens is 1. The molecule has 1 aromatic rings. The fourth-order valence-corrected chi connectivity index (χ4v) is 1.43. The topological polar surface area (TPSA) is 30.5 Å². The lowest BCUT2D eigenvalue weighted by molar-refractivity contribution is 0.257. The Labute approximate surface area is 95.6 Å². The first-order chi connectivity index (χ1) is 7.83. The van der Waals surface area contributed by atoms with Crippen LogP contribution in [-0.2, 0) is 6.54 Å². The van der Waals surface area contributed by atoms with Gasteiger partial charge in [0.15, 0.2) is 11.5 Å². The maximum Gasteiger partial charge on any atom is 0.165 e. The maximum atomic E-state index is 12.1. The SMILES string of the molecule is CCNCc1cccc(OC)c1OCCF. The van der Waals surface area contributed by atoms with Crippen molar-refractivity contribution in [3.8, 4) is 11.5 Å². The van der Waals surface area contributed by atoms with E-state index in [1.807, 2.05) is 25.1 Å². The van der Waals surface area contributed by atoms with Gasteiger partial charge in [-0.15, -0.1) is 0 Å². The minimum absolute atomic E-state index is 0.0551. The second-order valence-electron chi connectivity index (χ2n) is 3.27. The van der Waals surface area contributed by atoms with E-state index in [-0.39, 0.29) is 6.61 Å². The smallest absolute Gasteiger partial charge is 0.165 e. The molecular weight excluding hydrogens is 209 g/mol. The van der Waals surface area contributed by atoms with Crippen molar-refractivity contribution in [3.05, 3.63) is 23.8 Å². The van der Waals surface area contributed by atoms with E-state index in [9.17, 15) is 4.39 Å². The highest BCUT2D eigenvalue weighted by Crippen LogP contribution is 2.30. The largest absolute Gasteiger partial charge is 0.493 e. The number of hydrogen-bond acceptors (Lipinski definition) is 3. The molecule has 0 bridgehead atoms. The lowest BCUT2D eigenvalue weighted by atomic mass is 10.2. The van der Waals surface area contributed by atoms with Crippen molar-refractivity contribution in [1.82, 2.24) is 5.32 Å². The molecule has 90 valence electrons. The zero-order valence-electron chi connectivity index (χ0n) is 9.75. The van der Waals surface area contributed by atoms with Gasteiger partial charge in [-0.2, -0.15) is 0 Å². The molecule has 0 saturated carbocycles. The van der Waals surface area contributed by atoms with Crippen LogP contribution in [0.3, 0.4) is 0 Å². The predicted molar refractivity (Wildman–Crippen MR) is 61.8 cm³/mol. The molecule has 0 heterocycles. The summed E-state index contributed by atoms with van der Waals surface area (Å²) in [6.45, 7) is 3.15. The molecule has 1 aromatic carbocycles. The third kappa shape index (κ3) is 3.38. The third-order valence-electron chi connectivity index (χ3n) is 2.17. The summed E-state index contributed by atoms with van der Waals surface area (Å²) in [7, 11) is 1.58. The number of nitrogens with one attached hydrogen (secondary N) is 1. The van der Waals surface area contributed by atoms with Crippen LogP contribution in [0.25, 0.3) is 0 Å². The molecule has 0 atom stereocenters. The molecule has 0 saturated heterocycles. The van der Waals surface area contributed by atoms with Gasteiger partial charge in [0.05, 0.1) is 7.11 Å². The summed E-state index contributed by atoms with van der Waals surface area (Å²) >= 11 is 0. The van der Waals surface area contributed by atoms with Gasteiger partial charge < -0.3 is 14.8 Å². The van der Waals surface area contributed by atoms with Gasteiger partial charge in [0.1, 0.15) is 13.3 Å². The van der Waals surface area contributed by atoms with Crippen LogP contribution >= 0.6 is 0 Å². The number of alkyl halides is 1. The number of benzene rings is 1. The zero-order valence-corrected chi connectivity index (χ0v) is 9.75. The average Bonchev–Trinajstić information content (AvgIpc) is 2.33. The van der Waals surface area contributed by atoms with Gasteiger partial charge in [0.2, 0.25) is 0 Å². The van der Waals surface area contributed by atoms with E-state index >= 15 is 0 Å². The molecule has 0 aliphatic heterocycles. The molecule has 0 aliphatic rings. The molecule has 3 nitrogen and oxygen atoms in total. The Morgan fingerprint density at radius 1 is 1.38 bits per heavy atom. The molecule has 1 rings (SSSR count). The van der Waals surface area contributed by atoms with Crippen molar-refractivity contribution < 1.29 is 13.9 Å². The molecule has 0 aliphatic carbocycles. The highest BCUT2D eigenvalue weighted by atomic mass is 19.1. The second kappa shape index (κ2) is 7.06. The zero-order chi connectivity index (χ0) is 11.8. The summed E-state index contributed by atoms with van der Waals surface area (Å²) in [5, 5.41) is 3.20. The molecule has 4 heteroatoms. The van der Waals surface area contributed by atoms with Crippen LogP contribution in [0.1, 0.15) is 12.5 Å². The fraction of sp³-hybridized carbons (Fsp3) is 0.500. The second-order valence-corrected chi connectivity index (χ2v) is 3.27. The molecule has 0 aromatic heterocycles. The Hall–Kier alpha value is -1.29. The summed E-state index contributed by atoms with van der Waals surface area (Å²) in [5.74, 6) is 1.27. The van der Waals surface area contributed by atoms with Gasteiger partial charge >= 0.3 is 0 Å². The molecule has 0 spiro atoms. The van der Waals surface area contributed by atoms with E-state index in [0.717, 1.165) is 12.1 Å². The number of ether oxygens (including phenoxy) is 2. The molecular formula is C12H18FNO2. The van der Waals surface area contributed by atoms with Gasteiger partial charge in [0.25, 0.3) is 0 Å². The van der Waals surface area contributed by atoms with Crippen LogP contribution in [0.5, 0.6) is 11.5 Å². The number of para-hydroxylation sites is 1. The molecule has 0 fully saturated rings. The third-order valence-corrected chi connectivity index (χ3v) is 2.17. The van der Waals surface area contributed by atoms with Gasteiger partial charge in [-0.1, -0.05) is 19.1 Å². The van der Waals surface area contributed by atoms with Gasteiger partial charge in [0, 0.05) is 12.1 Å². The van der Waals surface area contributed by atoms with Crippen LogP contribution in [0, 0.1) is 0 Å². The van der Waals surface area contributed by atoms with E-state index in [0.29, 0.717) is 18.0 Å². The fourth-order valence-electron chi connectivity index (χ4n) is 1.43. The first kappa shape index (κ1) is 12.8. The monoisotopic (exact) mass is 227 g/mol. The normalized spacial score (nSPS) is 10.2. The molecule has 1 N–H and O–H groups in total. The number of methoxy groups -OCH3 is 1. The number of hydrogen-bond donors (Lipinski definition) is 1. The highest BCUT2D eigenvalue weighted by Gasteiger charge is 2.09. The maximum absolute atomic E-state index is 12.1. The van der Waals surface area contributed by atoms with E-state index < -0.39 is 6.67 Å². The summed E-state index contributed by atoms with van der Waals surface area (Å²) in [6, 6.07) is 5.65. The van der Waals surface area contributed by atoms with E-state index in [2.05, 4.69) is 5.32 Å². The van der Waals surface area contributed by atoms with Crippen molar-refractivity contribution in [2.75, 3.05) is 26.9 Å². The summed E-state index contributed by atoms with van der Waals surface area (Å²) in [5.41, 5.74) is 0.981. The first-order valence-electron chi connectivity index (χ1n) is 5.38. The van der Waals surface area contributed by atoms with Crippen LogP contribution in [0.4, 0.5) is 4.39 Å². The minimum Gasteiger partial charge on any atom is -0.493 e. The predicted octanol–water partition coefficient (Wildman–Crippen LogP) is 2.15. The van der Waals surface area contributed by atoms with Crippen LogP contribution in [0.2, 0.25) is 0 Å². The Bertz CT molecular complexity index is 318. The standard InChI is InChI=1S/C12H18FNO2/c1-3-14-9-10-5-4-6-11(15-2)12(10)16-8-7-13/h4-6,14H,3,7-9H2,1-2H3. The van der Waals surface area contributed by atoms with Crippen LogP contribution in [0.15, 0.2) is 18.2 Å². The van der Waals surface area contributed by atoms with E-state index in [1.54, 1.807) is 7.11 Å². The lowest BCUT2D eigenvalue weighted by Crippen LogP contribution is -2.13. The Morgan fingerprint density at radius 3 is 2.81 bits per heavy atom. The summed E-state index contributed by atoms with van der Waals surface area (Å²) in [4.78, 5) is 0. The Balaban J connectivity index is 2.86. The molecule has 0 unspecified atom stereocenters. The molecule has 0 amide bonds. The van der Waals surface area contributed by atoms with Crippen LogP contribution < -0.4 is 14.8 Å². The Kier molecular flexibility index (Phi) is 5.64. The van der Waals surface area contributed by atoms with Crippen molar-refractivity contribution >= 4 is 0 Å². The van der Waals surface area contributed by atoms with Crippen LogP contribution in [-0.4, -0.2) is 26.9 Å². The van der Waals surface area contributed by atoms with Gasteiger partial charge in [-0.3, -0.25) is 0 Å². The quantitative estimate of drug-likeness (QED) is 0.774.